The van der Waals surface area contributed by atoms with Crippen molar-refractivity contribution in [1.82, 2.24) is 9.80 Å². The van der Waals surface area contributed by atoms with Crippen LogP contribution in [0.1, 0.15) is 25.3 Å². The predicted molar refractivity (Wildman–Crippen MR) is 96.8 cm³/mol. The summed E-state index contributed by atoms with van der Waals surface area (Å²) in [6.45, 7) is 8.20. The zero-order valence-corrected chi connectivity index (χ0v) is 15.4. The van der Waals surface area contributed by atoms with Crippen molar-refractivity contribution < 1.29 is 14.3 Å². The van der Waals surface area contributed by atoms with E-state index in [1.165, 1.54) is 0 Å². The molecule has 0 spiro atoms. The van der Waals surface area contributed by atoms with Gasteiger partial charge in [0.2, 0.25) is 5.91 Å². The van der Waals surface area contributed by atoms with E-state index in [2.05, 4.69) is 11.0 Å². The Bertz CT molecular complexity index is 614. The number of carbonyl (C=O) groups excluding carboxylic acids is 1. The molecule has 0 aliphatic carbocycles. The lowest BCUT2D eigenvalue weighted by Crippen LogP contribution is -2.58. The molecule has 6 heteroatoms. The average molecular weight is 347 g/mol. The third kappa shape index (κ3) is 3.66. The highest BCUT2D eigenvalue weighted by Crippen LogP contribution is 2.31. The maximum Gasteiger partial charge on any atom is 0.242 e. The van der Waals surface area contributed by atoms with Gasteiger partial charge in [-0.15, -0.1) is 0 Å². The molecule has 0 radical (unpaired) electrons. The molecule has 2 heterocycles. The van der Waals surface area contributed by atoms with Crippen LogP contribution >= 0.6 is 0 Å². The van der Waals surface area contributed by atoms with E-state index in [0.29, 0.717) is 26.3 Å². The molecule has 2 aliphatic heterocycles. The summed E-state index contributed by atoms with van der Waals surface area (Å²) in [5.74, 6) is 1.11. The van der Waals surface area contributed by atoms with Crippen LogP contribution in [0.25, 0.3) is 0 Å². The minimum absolute atomic E-state index is 0.0588. The van der Waals surface area contributed by atoms with Gasteiger partial charge in [-0.2, -0.15) is 0 Å². The Labute approximate surface area is 149 Å². The number of hydrogen-bond acceptors (Lipinski definition) is 5. The highest BCUT2D eigenvalue weighted by Gasteiger charge is 2.43. The third-order valence-electron chi connectivity index (χ3n) is 5.50. The van der Waals surface area contributed by atoms with E-state index in [-0.39, 0.29) is 17.9 Å². The van der Waals surface area contributed by atoms with E-state index >= 15 is 0 Å². The highest BCUT2D eigenvalue weighted by atomic mass is 16.5. The Morgan fingerprint density at radius 2 is 2.00 bits per heavy atom. The Kier molecular flexibility index (Phi) is 5.32. The number of methoxy groups -OCH3 is 1. The van der Waals surface area contributed by atoms with E-state index in [0.717, 1.165) is 24.4 Å². The number of hydrogen-bond donors (Lipinski definition) is 1. The first kappa shape index (κ1) is 18.2. The van der Waals surface area contributed by atoms with E-state index in [1.54, 1.807) is 7.11 Å². The second-order valence-electron chi connectivity index (χ2n) is 7.42. The van der Waals surface area contributed by atoms with Crippen molar-refractivity contribution in [3.63, 3.8) is 0 Å². The van der Waals surface area contributed by atoms with Crippen LogP contribution in [0.2, 0.25) is 0 Å². The van der Waals surface area contributed by atoms with Gasteiger partial charge in [-0.05, 0) is 31.5 Å². The van der Waals surface area contributed by atoms with Gasteiger partial charge in [0.25, 0.3) is 0 Å². The third-order valence-corrected chi connectivity index (χ3v) is 5.50. The van der Waals surface area contributed by atoms with Crippen LogP contribution in [-0.4, -0.2) is 73.8 Å². The molecule has 2 N–H and O–H groups in total. The molecule has 0 unspecified atom stereocenters. The monoisotopic (exact) mass is 347 g/mol. The first-order valence-electron chi connectivity index (χ1n) is 8.95. The van der Waals surface area contributed by atoms with E-state index in [4.69, 9.17) is 15.2 Å². The second-order valence-corrected chi connectivity index (χ2v) is 7.42. The summed E-state index contributed by atoms with van der Waals surface area (Å²) >= 11 is 0. The topological polar surface area (TPSA) is 68.0 Å². The number of ether oxygens (including phenoxy) is 2. The van der Waals surface area contributed by atoms with Gasteiger partial charge in [0, 0.05) is 38.1 Å². The minimum Gasteiger partial charge on any atom is -0.497 e. The van der Waals surface area contributed by atoms with Crippen LogP contribution in [0.3, 0.4) is 0 Å². The van der Waals surface area contributed by atoms with E-state index in [1.807, 2.05) is 36.9 Å². The first-order valence-corrected chi connectivity index (χ1v) is 8.95. The Morgan fingerprint density at radius 1 is 1.28 bits per heavy atom. The molecule has 0 aromatic heterocycles. The van der Waals surface area contributed by atoms with Crippen molar-refractivity contribution in [1.29, 1.82) is 0 Å². The lowest BCUT2D eigenvalue weighted by atomic mass is 9.95. The van der Waals surface area contributed by atoms with Gasteiger partial charge in [0.1, 0.15) is 5.75 Å². The van der Waals surface area contributed by atoms with Gasteiger partial charge in [0.15, 0.2) is 0 Å². The maximum atomic E-state index is 13.2. The number of nitrogens with zero attached hydrogens (tertiary/aromatic N) is 2. The number of nitrogens with two attached hydrogens (primary N) is 1. The number of benzene rings is 1. The molecule has 25 heavy (non-hydrogen) atoms. The summed E-state index contributed by atoms with van der Waals surface area (Å²) in [7, 11) is 1.66. The van der Waals surface area contributed by atoms with Crippen molar-refractivity contribution in [3.05, 3.63) is 29.8 Å². The zero-order valence-electron chi connectivity index (χ0n) is 15.4. The number of likely N-dealkylation sites (tertiary alicyclic amines) is 1. The van der Waals surface area contributed by atoms with Crippen molar-refractivity contribution in [2.75, 3.05) is 46.5 Å². The lowest BCUT2D eigenvalue weighted by molar-refractivity contribution is -0.144. The van der Waals surface area contributed by atoms with Gasteiger partial charge in [-0.1, -0.05) is 12.1 Å². The van der Waals surface area contributed by atoms with Crippen molar-refractivity contribution in [2.45, 2.75) is 31.3 Å². The fraction of sp³-hybridized carbons (Fsp3) is 0.632. The second kappa shape index (κ2) is 7.32. The molecule has 0 saturated carbocycles. The molecular weight excluding hydrogens is 318 g/mol. The molecule has 138 valence electrons. The van der Waals surface area contributed by atoms with Gasteiger partial charge in [0.05, 0.1) is 25.9 Å². The molecule has 3 rings (SSSR count). The van der Waals surface area contributed by atoms with Gasteiger partial charge in [-0.25, -0.2) is 0 Å². The van der Waals surface area contributed by atoms with E-state index < -0.39 is 5.54 Å². The normalized spacial score (nSPS) is 25.2. The lowest BCUT2D eigenvalue weighted by Gasteiger charge is -2.41. The summed E-state index contributed by atoms with van der Waals surface area (Å²) in [6.07, 6.45) is 0. The first-order chi connectivity index (χ1) is 11.9. The fourth-order valence-electron chi connectivity index (χ4n) is 3.86. The molecule has 2 aliphatic rings. The maximum absolute atomic E-state index is 13.2. The number of rotatable bonds is 4. The number of carbonyl (C=O) groups is 1. The average Bonchev–Trinajstić information content (AvgIpc) is 3.03. The van der Waals surface area contributed by atoms with Gasteiger partial charge < -0.3 is 20.1 Å². The smallest absolute Gasteiger partial charge is 0.242 e. The van der Waals surface area contributed by atoms with Crippen molar-refractivity contribution in [3.8, 4) is 5.75 Å². The summed E-state index contributed by atoms with van der Waals surface area (Å²) in [5, 5.41) is 0. The number of morpholine rings is 1. The zero-order chi connectivity index (χ0) is 18.0. The van der Waals surface area contributed by atoms with Crippen LogP contribution < -0.4 is 10.5 Å². The molecule has 1 aromatic carbocycles. The molecule has 1 amide bonds. The molecular formula is C19H29N3O3. The Morgan fingerprint density at radius 3 is 2.68 bits per heavy atom. The standard InChI is InChI=1S/C19H29N3O3/c1-19(2,22-7-9-25-10-8-22)18(23)21-12-16(17(20)13-21)14-5-4-6-15(11-14)24-3/h4-6,11,16-17H,7-10,12-13,20H2,1-3H3/t16-,17+/m1/s1. The van der Waals surface area contributed by atoms with E-state index in [9.17, 15) is 4.79 Å². The SMILES string of the molecule is COc1cccc([C@H]2CN(C(=O)C(C)(C)N3CCOCC3)C[C@@H]2N)c1. The molecule has 2 atom stereocenters. The predicted octanol–water partition coefficient (Wildman–Crippen LogP) is 1.06. The van der Waals surface area contributed by atoms with Crippen molar-refractivity contribution >= 4 is 5.91 Å². The summed E-state index contributed by atoms with van der Waals surface area (Å²) in [6, 6.07) is 7.92. The quantitative estimate of drug-likeness (QED) is 0.882. The Hall–Kier alpha value is -1.63. The van der Waals surface area contributed by atoms with Crippen LogP contribution in [0, 0.1) is 0 Å². The molecule has 1 aromatic rings. The number of amides is 1. The van der Waals surface area contributed by atoms with Gasteiger partial charge >= 0.3 is 0 Å². The van der Waals surface area contributed by atoms with Crippen molar-refractivity contribution in [2.24, 2.45) is 5.73 Å². The van der Waals surface area contributed by atoms with Gasteiger partial charge in [-0.3, -0.25) is 9.69 Å². The van der Waals surface area contributed by atoms with Crippen LogP contribution in [0.15, 0.2) is 24.3 Å². The fourth-order valence-corrected chi connectivity index (χ4v) is 3.86. The van der Waals surface area contributed by atoms with Crippen LogP contribution in [0.4, 0.5) is 0 Å². The summed E-state index contributed by atoms with van der Waals surface area (Å²) in [4.78, 5) is 17.3. The Balaban J connectivity index is 1.72. The van der Waals surface area contributed by atoms with Crippen LogP contribution in [-0.2, 0) is 9.53 Å². The summed E-state index contributed by atoms with van der Waals surface area (Å²) in [5.41, 5.74) is 6.98. The largest absolute Gasteiger partial charge is 0.497 e. The minimum atomic E-state index is -0.535. The highest BCUT2D eigenvalue weighted by molar-refractivity contribution is 5.86. The van der Waals surface area contributed by atoms with Crippen LogP contribution in [0.5, 0.6) is 5.75 Å². The molecule has 0 bridgehead atoms. The molecule has 2 fully saturated rings. The molecule has 2 saturated heterocycles. The molecule has 6 nitrogen and oxygen atoms in total. The summed E-state index contributed by atoms with van der Waals surface area (Å²) < 4.78 is 10.7.